The quantitative estimate of drug-likeness (QED) is 0.610. The molecule has 2 nitrogen and oxygen atoms in total. The normalized spacial score (nSPS) is 25.2. The van der Waals surface area contributed by atoms with Gasteiger partial charge in [-0.3, -0.25) is 4.99 Å². The van der Waals surface area contributed by atoms with Gasteiger partial charge in [-0.2, -0.15) is 0 Å². The molecule has 1 aliphatic rings. The van der Waals surface area contributed by atoms with Crippen molar-refractivity contribution in [2.45, 2.75) is 32.3 Å². The van der Waals surface area contributed by atoms with Crippen molar-refractivity contribution in [1.29, 1.82) is 0 Å². The molecule has 0 aliphatic carbocycles. The van der Waals surface area contributed by atoms with Crippen molar-refractivity contribution in [3.63, 3.8) is 0 Å². The standard InChI is InChI=1S/C11H17NO/c1-2-3-8-12-9-7-11-6-4-5-10-13-11/h2-3,7-9,11H,4-6,10H2,1H3/b3-2-,9-7+,12-8-. The maximum Gasteiger partial charge on any atom is 0.0773 e. The van der Waals surface area contributed by atoms with Crippen molar-refractivity contribution >= 4 is 6.21 Å². The molecule has 0 saturated carbocycles. The molecule has 13 heavy (non-hydrogen) atoms. The zero-order valence-corrected chi connectivity index (χ0v) is 8.15. The van der Waals surface area contributed by atoms with Gasteiger partial charge in [-0.1, -0.05) is 6.08 Å². The molecule has 1 rings (SSSR count). The summed E-state index contributed by atoms with van der Waals surface area (Å²) in [5.41, 5.74) is 0. The molecule has 0 aromatic rings. The summed E-state index contributed by atoms with van der Waals surface area (Å²) in [7, 11) is 0. The van der Waals surface area contributed by atoms with Crippen LogP contribution in [0.3, 0.4) is 0 Å². The summed E-state index contributed by atoms with van der Waals surface area (Å²) < 4.78 is 5.51. The van der Waals surface area contributed by atoms with E-state index in [0.29, 0.717) is 0 Å². The fraction of sp³-hybridized carbons (Fsp3) is 0.545. The average Bonchev–Trinajstić information content (AvgIpc) is 2.19. The molecular formula is C11H17NO. The average molecular weight is 179 g/mol. The Bertz CT molecular complexity index is 200. The summed E-state index contributed by atoms with van der Waals surface area (Å²) >= 11 is 0. The Morgan fingerprint density at radius 2 is 2.31 bits per heavy atom. The van der Waals surface area contributed by atoms with Crippen molar-refractivity contribution in [2.24, 2.45) is 4.99 Å². The molecule has 1 atom stereocenters. The number of ether oxygens (including phenoxy) is 1. The van der Waals surface area contributed by atoms with Gasteiger partial charge in [-0.25, -0.2) is 0 Å². The van der Waals surface area contributed by atoms with Crippen LogP contribution >= 0.6 is 0 Å². The fourth-order valence-electron chi connectivity index (χ4n) is 1.25. The fourth-order valence-corrected chi connectivity index (χ4v) is 1.25. The lowest BCUT2D eigenvalue weighted by atomic mass is 10.1. The van der Waals surface area contributed by atoms with Crippen LogP contribution in [0.25, 0.3) is 0 Å². The molecule has 0 N–H and O–H groups in total. The highest BCUT2D eigenvalue weighted by atomic mass is 16.5. The number of allylic oxidation sites excluding steroid dienone is 2. The molecule has 0 bridgehead atoms. The third kappa shape index (κ3) is 4.63. The maximum atomic E-state index is 5.51. The van der Waals surface area contributed by atoms with Crippen LogP contribution in [0.4, 0.5) is 0 Å². The highest BCUT2D eigenvalue weighted by Gasteiger charge is 2.09. The molecule has 1 aliphatic heterocycles. The SMILES string of the molecule is C\C=C/C=N\C=C\C1CCCCO1. The molecule has 2 heteroatoms. The van der Waals surface area contributed by atoms with Crippen LogP contribution in [-0.2, 0) is 4.74 Å². The van der Waals surface area contributed by atoms with Gasteiger partial charge in [0.2, 0.25) is 0 Å². The van der Waals surface area contributed by atoms with Gasteiger partial charge in [0.1, 0.15) is 0 Å². The molecule has 1 fully saturated rings. The zero-order valence-electron chi connectivity index (χ0n) is 8.15. The zero-order chi connectivity index (χ0) is 9.36. The molecule has 0 radical (unpaired) electrons. The van der Waals surface area contributed by atoms with E-state index >= 15 is 0 Å². The van der Waals surface area contributed by atoms with E-state index in [2.05, 4.69) is 4.99 Å². The van der Waals surface area contributed by atoms with Crippen molar-refractivity contribution in [3.8, 4) is 0 Å². The van der Waals surface area contributed by atoms with E-state index in [1.54, 1.807) is 6.21 Å². The second-order valence-corrected chi connectivity index (χ2v) is 3.07. The van der Waals surface area contributed by atoms with Gasteiger partial charge in [-0.05, 0) is 38.3 Å². The van der Waals surface area contributed by atoms with Crippen molar-refractivity contribution in [3.05, 3.63) is 24.4 Å². The molecule has 0 aromatic carbocycles. The minimum absolute atomic E-state index is 0.288. The largest absolute Gasteiger partial charge is 0.374 e. The van der Waals surface area contributed by atoms with Crippen molar-refractivity contribution < 1.29 is 4.74 Å². The minimum atomic E-state index is 0.288. The Morgan fingerprint density at radius 1 is 1.38 bits per heavy atom. The van der Waals surface area contributed by atoms with Gasteiger partial charge < -0.3 is 4.74 Å². The van der Waals surface area contributed by atoms with Crippen LogP contribution < -0.4 is 0 Å². The molecule has 0 amide bonds. The summed E-state index contributed by atoms with van der Waals surface area (Å²) in [4.78, 5) is 4.08. The Kier molecular flexibility index (Phi) is 5.18. The monoisotopic (exact) mass is 179 g/mol. The van der Waals surface area contributed by atoms with Gasteiger partial charge in [0.05, 0.1) is 6.10 Å². The van der Waals surface area contributed by atoms with Crippen LogP contribution in [0.2, 0.25) is 0 Å². The first-order valence-corrected chi connectivity index (χ1v) is 4.86. The van der Waals surface area contributed by atoms with Crippen LogP contribution in [0.1, 0.15) is 26.2 Å². The smallest absolute Gasteiger partial charge is 0.0773 e. The minimum Gasteiger partial charge on any atom is -0.374 e. The lowest BCUT2D eigenvalue weighted by Crippen LogP contribution is -2.15. The molecule has 0 aromatic heterocycles. The Labute approximate surface area is 80.0 Å². The van der Waals surface area contributed by atoms with Crippen molar-refractivity contribution in [1.82, 2.24) is 0 Å². The second-order valence-electron chi connectivity index (χ2n) is 3.07. The van der Waals surface area contributed by atoms with Gasteiger partial charge >= 0.3 is 0 Å². The summed E-state index contributed by atoms with van der Waals surface area (Å²) in [5, 5.41) is 0. The predicted molar refractivity (Wildman–Crippen MR) is 56.0 cm³/mol. The Balaban J connectivity index is 2.21. The number of hydrogen-bond acceptors (Lipinski definition) is 2. The van der Waals surface area contributed by atoms with Gasteiger partial charge in [-0.15, -0.1) is 0 Å². The third-order valence-corrected chi connectivity index (χ3v) is 1.97. The first-order chi connectivity index (χ1) is 6.43. The van der Waals surface area contributed by atoms with Crippen LogP contribution in [0.5, 0.6) is 0 Å². The molecule has 1 saturated heterocycles. The summed E-state index contributed by atoms with van der Waals surface area (Å²) in [6.45, 7) is 2.87. The first kappa shape index (κ1) is 10.2. The van der Waals surface area contributed by atoms with Crippen LogP contribution in [0, 0.1) is 0 Å². The Morgan fingerprint density at radius 3 is 3.00 bits per heavy atom. The van der Waals surface area contributed by atoms with E-state index in [-0.39, 0.29) is 6.10 Å². The number of rotatable bonds is 3. The maximum absolute atomic E-state index is 5.51. The van der Waals surface area contributed by atoms with Gasteiger partial charge in [0, 0.05) is 19.0 Å². The molecular weight excluding hydrogens is 162 g/mol. The van der Waals surface area contributed by atoms with Crippen LogP contribution in [0.15, 0.2) is 29.4 Å². The van der Waals surface area contributed by atoms with Crippen molar-refractivity contribution in [2.75, 3.05) is 6.61 Å². The van der Waals surface area contributed by atoms with E-state index in [1.165, 1.54) is 12.8 Å². The molecule has 72 valence electrons. The van der Waals surface area contributed by atoms with Gasteiger partial charge in [0.25, 0.3) is 0 Å². The first-order valence-electron chi connectivity index (χ1n) is 4.86. The van der Waals surface area contributed by atoms with E-state index in [9.17, 15) is 0 Å². The summed E-state index contributed by atoms with van der Waals surface area (Å²) in [5.74, 6) is 0. The number of hydrogen-bond donors (Lipinski definition) is 0. The molecule has 1 unspecified atom stereocenters. The number of nitrogens with zero attached hydrogens (tertiary/aromatic N) is 1. The highest BCUT2D eigenvalue weighted by molar-refractivity contribution is 5.71. The van der Waals surface area contributed by atoms with Crippen LogP contribution in [-0.4, -0.2) is 18.9 Å². The predicted octanol–water partition coefficient (Wildman–Crippen LogP) is 2.72. The Hall–Kier alpha value is -0.890. The second kappa shape index (κ2) is 6.61. The molecule has 1 heterocycles. The summed E-state index contributed by atoms with van der Waals surface area (Å²) in [6, 6.07) is 0. The molecule has 0 spiro atoms. The van der Waals surface area contributed by atoms with E-state index in [1.807, 2.05) is 31.4 Å². The highest BCUT2D eigenvalue weighted by Crippen LogP contribution is 2.13. The number of aliphatic imine (C=N–C) groups is 1. The van der Waals surface area contributed by atoms with E-state index in [0.717, 1.165) is 13.0 Å². The van der Waals surface area contributed by atoms with Gasteiger partial charge in [0.15, 0.2) is 0 Å². The summed E-state index contributed by atoms with van der Waals surface area (Å²) in [6.07, 6.45) is 13.4. The lowest BCUT2D eigenvalue weighted by Gasteiger charge is -2.18. The lowest BCUT2D eigenvalue weighted by molar-refractivity contribution is 0.0465. The third-order valence-electron chi connectivity index (χ3n) is 1.97. The topological polar surface area (TPSA) is 21.6 Å². The van der Waals surface area contributed by atoms with E-state index < -0.39 is 0 Å². The van der Waals surface area contributed by atoms with E-state index in [4.69, 9.17) is 4.74 Å².